The van der Waals surface area contributed by atoms with Gasteiger partial charge in [0, 0.05) is 24.6 Å². The van der Waals surface area contributed by atoms with E-state index in [1.807, 2.05) is 0 Å². The SMILES string of the molecule is CC(=O)Nc1cnc(-c2ccccc2)n(CC(=O)On2c(O)ccc2O)c1=O. The number of carbonyl (C=O) groups excluding carboxylic acids is 2. The molecule has 10 nitrogen and oxygen atoms in total. The number of aromatic hydroxyl groups is 2. The van der Waals surface area contributed by atoms with E-state index in [-0.39, 0.29) is 11.5 Å². The van der Waals surface area contributed by atoms with Crippen molar-refractivity contribution in [2.45, 2.75) is 13.5 Å². The molecule has 2 heterocycles. The minimum atomic E-state index is -0.956. The van der Waals surface area contributed by atoms with Gasteiger partial charge in [0.1, 0.15) is 18.1 Å². The maximum absolute atomic E-state index is 12.8. The molecule has 1 aromatic carbocycles. The number of anilines is 1. The normalized spacial score (nSPS) is 10.5. The van der Waals surface area contributed by atoms with E-state index in [4.69, 9.17) is 4.84 Å². The van der Waals surface area contributed by atoms with Gasteiger partial charge in [-0.15, -0.1) is 4.73 Å². The maximum Gasteiger partial charge on any atom is 0.352 e. The number of hydrogen-bond acceptors (Lipinski definition) is 7. The number of amides is 1. The lowest BCUT2D eigenvalue weighted by molar-refractivity contribution is -0.146. The zero-order chi connectivity index (χ0) is 20.3. The van der Waals surface area contributed by atoms with Gasteiger partial charge in [-0.25, -0.2) is 9.78 Å². The molecule has 0 spiro atoms. The number of hydrogen-bond donors (Lipinski definition) is 3. The fourth-order valence-corrected chi connectivity index (χ4v) is 2.49. The van der Waals surface area contributed by atoms with Crippen molar-refractivity contribution < 1.29 is 24.6 Å². The molecule has 0 aliphatic carbocycles. The Morgan fingerprint density at radius 3 is 2.36 bits per heavy atom. The van der Waals surface area contributed by atoms with Gasteiger partial charge in [-0.05, 0) is 0 Å². The third-order valence-corrected chi connectivity index (χ3v) is 3.67. The van der Waals surface area contributed by atoms with Gasteiger partial charge >= 0.3 is 5.97 Å². The first-order valence-electron chi connectivity index (χ1n) is 8.10. The number of nitrogens with one attached hydrogen (secondary N) is 1. The van der Waals surface area contributed by atoms with Crippen molar-refractivity contribution in [3.8, 4) is 23.1 Å². The highest BCUT2D eigenvalue weighted by Gasteiger charge is 2.18. The van der Waals surface area contributed by atoms with Crippen LogP contribution in [0.25, 0.3) is 11.4 Å². The van der Waals surface area contributed by atoms with Gasteiger partial charge < -0.3 is 20.4 Å². The summed E-state index contributed by atoms with van der Waals surface area (Å²) in [6, 6.07) is 10.9. The molecule has 0 fully saturated rings. The van der Waals surface area contributed by atoms with Crippen LogP contribution in [-0.2, 0) is 16.1 Å². The number of aromatic nitrogens is 3. The van der Waals surface area contributed by atoms with Crippen LogP contribution in [0.15, 0.2) is 53.5 Å². The first-order chi connectivity index (χ1) is 13.4. The van der Waals surface area contributed by atoms with E-state index in [0.717, 1.165) is 16.7 Å². The fraction of sp³-hybridized carbons (Fsp3) is 0.111. The van der Waals surface area contributed by atoms with Crippen LogP contribution in [0.3, 0.4) is 0 Å². The molecule has 0 radical (unpaired) electrons. The number of rotatable bonds is 5. The summed E-state index contributed by atoms with van der Waals surface area (Å²) in [5.74, 6) is -2.23. The van der Waals surface area contributed by atoms with Gasteiger partial charge in [-0.3, -0.25) is 14.2 Å². The van der Waals surface area contributed by atoms with E-state index >= 15 is 0 Å². The van der Waals surface area contributed by atoms with Gasteiger partial charge in [-0.1, -0.05) is 30.3 Å². The minimum absolute atomic E-state index is 0.105. The van der Waals surface area contributed by atoms with Crippen LogP contribution in [-0.4, -0.2) is 36.4 Å². The van der Waals surface area contributed by atoms with Crippen LogP contribution in [0.1, 0.15) is 6.92 Å². The zero-order valence-electron chi connectivity index (χ0n) is 14.7. The predicted octanol–water partition coefficient (Wildman–Crippen LogP) is 0.737. The van der Waals surface area contributed by atoms with E-state index in [2.05, 4.69) is 10.3 Å². The topological polar surface area (TPSA) is 136 Å². The molecule has 0 aliphatic heterocycles. The fourth-order valence-electron chi connectivity index (χ4n) is 2.49. The number of carbonyl (C=O) groups is 2. The Balaban J connectivity index is 2.00. The molecule has 1 amide bonds. The molecular weight excluding hydrogens is 368 g/mol. The Morgan fingerprint density at radius 1 is 1.11 bits per heavy atom. The average molecular weight is 384 g/mol. The van der Waals surface area contributed by atoms with E-state index in [1.54, 1.807) is 30.3 Å². The summed E-state index contributed by atoms with van der Waals surface area (Å²) >= 11 is 0. The molecule has 3 rings (SSSR count). The monoisotopic (exact) mass is 384 g/mol. The molecule has 2 aromatic heterocycles. The Labute approximate surface area is 158 Å². The van der Waals surface area contributed by atoms with Crippen LogP contribution in [0, 0.1) is 0 Å². The predicted molar refractivity (Wildman–Crippen MR) is 97.6 cm³/mol. The summed E-state index contributed by atoms with van der Waals surface area (Å²) in [5.41, 5.74) is -0.206. The molecule has 0 atom stereocenters. The maximum atomic E-state index is 12.8. The van der Waals surface area contributed by atoms with E-state index < -0.39 is 35.7 Å². The molecule has 28 heavy (non-hydrogen) atoms. The molecule has 3 N–H and O–H groups in total. The lowest BCUT2D eigenvalue weighted by atomic mass is 10.2. The molecule has 0 saturated heterocycles. The Morgan fingerprint density at radius 2 is 1.75 bits per heavy atom. The largest absolute Gasteiger partial charge is 0.492 e. The van der Waals surface area contributed by atoms with Crippen molar-refractivity contribution in [1.82, 2.24) is 14.3 Å². The number of benzene rings is 1. The Kier molecular flexibility index (Phi) is 5.12. The van der Waals surface area contributed by atoms with E-state index in [1.165, 1.54) is 13.1 Å². The first kappa shape index (κ1) is 18.7. The smallest absolute Gasteiger partial charge is 0.352 e. The summed E-state index contributed by atoms with van der Waals surface area (Å²) in [7, 11) is 0. The molecule has 0 aliphatic rings. The average Bonchev–Trinajstić information content (AvgIpc) is 2.97. The highest BCUT2D eigenvalue weighted by atomic mass is 16.7. The van der Waals surface area contributed by atoms with Crippen molar-refractivity contribution >= 4 is 17.6 Å². The van der Waals surface area contributed by atoms with Crippen molar-refractivity contribution in [1.29, 1.82) is 0 Å². The van der Waals surface area contributed by atoms with Gasteiger partial charge in [-0.2, -0.15) is 0 Å². The molecule has 144 valence electrons. The zero-order valence-corrected chi connectivity index (χ0v) is 14.7. The number of nitrogens with zero attached hydrogens (tertiary/aromatic N) is 3. The second-order valence-electron chi connectivity index (χ2n) is 5.74. The second kappa shape index (κ2) is 7.66. The summed E-state index contributed by atoms with van der Waals surface area (Å²) in [6.45, 7) is 0.654. The van der Waals surface area contributed by atoms with Crippen molar-refractivity contribution in [2.24, 2.45) is 0 Å². The van der Waals surface area contributed by atoms with Crippen LogP contribution in [0.4, 0.5) is 5.69 Å². The van der Waals surface area contributed by atoms with Crippen LogP contribution < -0.4 is 15.7 Å². The summed E-state index contributed by atoms with van der Waals surface area (Å²) in [4.78, 5) is 45.5. The van der Waals surface area contributed by atoms with Crippen LogP contribution in [0.5, 0.6) is 11.8 Å². The highest BCUT2D eigenvalue weighted by molar-refractivity contribution is 5.88. The van der Waals surface area contributed by atoms with Gasteiger partial charge in [0.25, 0.3) is 5.56 Å². The van der Waals surface area contributed by atoms with Crippen molar-refractivity contribution in [3.63, 3.8) is 0 Å². The molecule has 0 saturated carbocycles. The third-order valence-electron chi connectivity index (χ3n) is 3.67. The second-order valence-corrected chi connectivity index (χ2v) is 5.74. The minimum Gasteiger partial charge on any atom is -0.492 e. The summed E-state index contributed by atoms with van der Waals surface area (Å²) in [6.07, 6.45) is 1.21. The van der Waals surface area contributed by atoms with Gasteiger partial charge in [0.2, 0.25) is 17.7 Å². The summed E-state index contributed by atoms with van der Waals surface area (Å²) < 4.78 is 1.54. The highest BCUT2D eigenvalue weighted by Crippen LogP contribution is 2.19. The van der Waals surface area contributed by atoms with Crippen molar-refractivity contribution in [3.05, 3.63) is 59.0 Å². The van der Waals surface area contributed by atoms with Gasteiger partial charge in [0.05, 0.1) is 6.20 Å². The molecule has 3 aromatic rings. The van der Waals surface area contributed by atoms with E-state index in [9.17, 15) is 24.6 Å². The lowest BCUT2D eigenvalue weighted by Gasteiger charge is -2.14. The molecule has 10 heteroatoms. The Bertz CT molecular complexity index is 1070. The van der Waals surface area contributed by atoms with Crippen LogP contribution in [0.2, 0.25) is 0 Å². The summed E-state index contributed by atoms with van der Waals surface area (Å²) in [5, 5.41) is 21.5. The molecule has 0 unspecified atom stereocenters. The quantitative estimate of drug-likeness (QED) is 0.590. The van der Waals surface area contributed by atoms with E-state index in [0.29, 0.717) is 10.3 Å². The van der Waals surface area contributed by atoms with Gasteiger partial charge in [0.15, 0.2) is 0 Å². The third kappa shape index (κ3) is 3.85. The van der Waals surface area contributed by atoms with Crippen LogP contribution >= 0.6 is 0 Å². The first-order valence-corrected chi connectivity index (χ1v) is 8.10. The standard InChI is InChI=1S/C18H16N4O6/c1-11(23)20-13-9-19-17(12-5-3-2-4-6-12)21(18(13)27)10-16(26)28-22-14(24)7-8-15(22)25/h2-9,24-25H,10H2,1H3,(H,20,23). The lowest BCUT2D eigenvalue weighted by Crippen LogP contribution is -2.33. The Hall–Kier alpha value is -4.08. The molecule has 0 bridgehead atoms. The molecular formula is C18H16N4O6. The van der Waals surface area contributed by atoms with Crippen molar-refractivity contribution in [2.75, 3.05) is 5.32 Å².